The number of aryl methyl sites for hydroxylation is 2. The van der Waals surface area contributed by atoms with Crippen molar-refractivity contribution in [2.75, 3.05) is 26.0 Å². The van der Waals surface area contributed by atoms with Crippen molar-refractivity contribution in [1.82, 2.24) is 25.1 Å². The highest BCUT2D eigenvalue weighted by molar-refractivity contribution is 7.23. The zero-order chi connectivity index (χ0) is 37.7. The summed E-state index contributed by atoms with van der Waals surface area (Å²) in [5, 5.41) is 13.7. The van der Waals surface area contributed by atoms with Gasteiger partial charge >= 0.3 is 0 Å². The third-order valence-corrected chi connectivity index (χ3v) is 11.8. The second-order valence-corrected chi connectivity index (χ2v) is 15.5. The molecule has 9 rings (SSSR count). The fourth-order valence-electron chi connectivity index (χ4n) is 8.07. The Kier molecular flexibility index (Phi) is 9.60. The van der Waals surface area contributed by atoms with Crippen LogP contribution in [-0.4, -0.2) is 57.6 Å². The molecule has 1 amide bonds. The quantitative estimate of drug-likeness (QED) is 0.163. The zero-order valence-corrected chi connectivity index (χ0v) is 32.0. The number of rotatable bonds is 8. The molecule has 0 saturated carbocycles. The summed E-state index contributed by atoms with van der Waals surface area (Å²) in [7, 11) is 3.38. The van der Waals surface area contributed by atoms with E-state index in [-0.39, 0.29) is 24.7 Å². The van der Waals surface area contributed by atoms with Crippen LogP contribution in [0, 0.1) is 6.92 Å². The van der Waals surface area contributed by atoms with Gasteiger partial charge in [-0.2, -0.15) is 0 Å². The number of thiophene rings is 1. The van der Waals surface area contributed by atoms with Crippen molar-refractivity contribution in [3.8, 4) is 27.6 Å². The Morgan fingerprint density at radius 3 is 2.70 bits per heavy atom. The van der Waals surface area contributed by atoms with Crippen LogP contribution in [0.5, 0.6) is 5.75 Å². The Morgan fingerprint density at radius 2 is 1.94 bits per heavy atom. The van der Waals surface area contributed by atoms with E-state index in [4.69, 9.17) is 25.7 Å². The molecule has 4 aromatic heterocycles. The zero-order valence-electron chi connectivity index (χ0n) is 30.4. The summed E-state index contributed by atoms with van der Waals surface area (Å²) in [6, 6.07) is 15.5. The summed E-state index contributed by atoms with van der Waals surface area (Å²) in [5.74, 6) is -0.0709. The number of ether oxygens (including phenoxy) is 1. The maximum atomic E-state index is 13.9. The summed E-state index contributed by atoms with van der Waals surface area (Å²) >= 11 is 7.93. The number of carbonyl (C=O) groups excluding carboxylic acids is 1. The first-order valence-corrected chi connectivity index (χ1v) is 19.3. The highest BCUT2D eigenvalue weighted by Crippen LogP contribution is 2.48. The Hall–Kier alpha value is -4.94. The van der Waals surface area contributed by atoms with Crippen LogP contribution < -0.4 is 10.1 Å². The molecule has 6 aromatic rings. The molecule has 2 aliphatic carbocycles. The third kappa shape index (κ3) is 6.59. The van der Waals surface area contributed by atoms with Gasteiger partial charge in [-0.15, -0.1) is 21.5 Å². The van der Waals surface area contributed by atoms with Gasteiger partial charge in [-0.25, -0.2) is 13.8 Å². The minimum Gasteiger partial charge on any atom is -0.496 e. The highest BCUT2D eigenvalue weighted by Gasteiger charge is 2.39. The number of nitrogens with zero attached hydrogens (tertiary/aromatic N) is 5. The van der Waals surface area contributed by atoms with Gasteiger partial charge in [0, 0.05) is 60.6 Å². The number of methoxy groups -OCH3 is 1. The molecule has 1 unspecified atom stereocenters. The molecule has 13 heteroatoms. The predicted molar refractivity (Wildman–Crippen MR) is 207 cm³/mol. The van der Waals surface area contributed by atoms with Gasteiger partial charge in [0.2, 0.25) is 11.8 Å². The molecule has 0 bridgehead atoms. The second kappa shape index (κ2) is 14.4. The number of aromatic nitrogens is 4. The first kappa shape index (κ1) is 36.1. The lowest BCUT2D eigenvalue weighted by Crippen LogP contribution is -2.24. The van der Waals surface area contributed by atoms with Gasteiger partial charge < -0.3 is 19.4 Å². The standard InChI is InChI=1S/C31H29ClN6O2S.C10H10F2O/c1-4-11-38-15-23-26(31(38)39)27(24-14-19-9-10-34-29(33-3)28(19)41-24)25(30-37-36-16(2)40-30)22(35-23)13-18-6-5-17-12-20(32)7-8-21(17)18;1-13-9-4-2-3-7-5-10(11,12)6-8(7)9/h7-10,12,14,18H,4-6,11,13,15H2,1-3H3,(H,33,34);2-4H,5-6H2,1H3. The van der Waals surface area contributed by atoms with Crippen molar-refractivity contribution in [3.05, 3.63) is 105 Å². The van der Waals surface area contributed by atoms with E-state index in [9.17, 15) is 13.6 Å². The van der Waals surface area contributed by atoms with E-state index in [2.05, 4.69) is 45.6 Å². The first-order chi connectivity index (χ1) is 26.1. The molecule has 0 saturated heterocycles. The molecule has 54 heavy (non-hydrogen) atoms. The van der Waals surface area contributed by atoms with Crippen molar-refractivity contribution in [2.45, 2.75) is 70.8 Å². The molecule has 9 nitrogen and oxygen atoms in total. The number of nitrogens with one attached hydrogen (secondary N) is 1. The number of halogens is 3. The van der Waals surface area contributed by atoms with Gasteiger partial charge in [-0.1, -0.05) is 36.7 Å². The summed E-state index contributed by atoms with van der Waals surface area (Å²) in [4.78, 5) is 26.5. The van der Waals surface area contributed by atoms with Crippen molar-refractivity contribution >= 4 is 44.7 Å². The Bertz CT molecular complexity index is 2410. The normalized spacial score (nSPS) is 16.6. The lowest BCUT2D eigenvalue weighted by molar-refractivity contribution is 0.0127. The monoisotopic (exact) mass is 768 g/mol. The molecule has 3 aliphatic rings. The van der Waals surface area contributed by atoms with Crippen LogP contribution in [0.2, 0.25) is 5.02 Å². The molecule has 5 heterocycles. The Balaban J connectivity index is 0.000000268. The van der Waals surface area contributed by atoms with Gasteiger partial charge in [-0.05, 0) is 84.0 Å². The molecule has 278 valence electrons. The van der Waals surface area contributed by atoms with E-state index in [0.29, 0.717) is 53.7 Å². The largest absolute Gasteiger partial charge is 0.496 e. The van der Waals surface area contributed by atoms with Crippen LogP contribution in [0.4, 0.5) is 14.6 Å². The average molecular weight is 769 g/mol. The van der Waals surface area contributed by atoms with Gasteiger partial charge in [0.25, 0.3) is 11.8 Å². The van der Waals surface area contributed by atoms with Crippen molar-refractivity contribution < 1.29 is 22.7 Å². The van der Waals surface area contributed by atoms with Gasteiger partial charge in [0.1, 0.15) is 11.6 Å². The van der Waals surface area contributed by atoms with Crippen molar-refractivity contribution in [1.29, 1.82) is 0 Å². The minimum absolute atomic E-state index is 0.00124. The van der Waals surface area contributed by atoms with Gasteiger partial charge in [-0.3, -0.25) is 9.78 Å². The Morgan fingerprint density at radius 1 is 1.09 bits per heavy atom. The Labute approximate surface area is 320 Å². The number of pyridine rings is 2. The van der Waals surface area contributed by atoms with Crippen LogP contribution in [0.1, 0.15) is 75.6 Å². The SMILES string of the molecule is CCCN1Cc2nc(CC3CCc4cc(Cl)ccc43)c(-c3nnc(C)o3)c(-c3cc4ccnc(NC)c4s3)c2C1=O.COc1cccc2c1CC(F)(F)C2. The lowest BCUT2D eigenvalue weighted by Gasteiger charge is -2.18. The van der Waals surface area contributed by atoms with Crippen molar-refractivity contribution in [3.63, 3.8) is 0 Å². The molecule has 1 atom stereocenters. The summed E-state index contributed by atoms with van der Waals surface area (Å²) in [6.45, 7) is 5.04. The van der Waals surface area contributed by atoms with Gasteiger partial charge in [0.05, 0.1) is 40.9 Å². The number of hydrogen-bond acceptors (Lipinski definition) is 9. The molecule has 1 aliphatic heterocycles. The van der Waals surface area contributed by atoms with E-state index in [0.717, 1.165) is 67.6 Å². The van der Waals surface area contributed by atoms with E-state index in [1.807, 2.05) is 24.1 Å². The highest BCUT2D eigenvalue weighted by atomic mass is 35.5. The van der Waals surface area contributed by atoms with Crippen LogP contribution in [0.25, 0.3) is 32.0 Å². The molecule has 1 N–H and O–H groups in total. The number of carbonyl (C=O) groups is 1. The van der Waals surface area contributed by atoms with Crippen LogP contribution in [-0.2, 0) is 32.2 Å². The molecule has 2 aromatic carbocycles. The summed E-state index contributed by atoms with van der Waals surface area (Å²) < 4.78 is 38.1. The van der Waals surface area contributed by atoms with Crippen LogP contribution in [0.15, 0.2) is 59.1 Å². The first-order valence-electron chi connectivity index (χ1n) is 18.1. The van der Waals surface area contributed by atoms with Crippen molar-refractivity contribution in [2.24, 2.45) is 0 Å². The fraction of sp³-hybridized carbons (Fsp3) is 0.341. The van der Waals surface area contributed by atoms with Crippen LogP contribution >= 0.6 is 22.9 Å². The number of amides is 1. The van der Waals surface area contributed by atoms with E-state index in [1.54, 1.807) is 42.7 Å². The van der Waals surface area contributed by atoms with Gasteiger partial charge in [0.15, 0.2) is 0 Å². The maximum absolute atomic E-state index is 13.9. The lowest BCUT2D eigenvalue weighted by atomic mass is 9.90. The molecule has 0 spiro atoms. The van der Waals surface area contributed by atoms with E-state index >= 15 is 0 Å². The summed E-state index contributed by atoms with van der Waals surface area (Å²) in [6.07, 6.45) is 5.01. The fourth-order valence-corrected chi connectivity index (χ4v) is 9.47. The molecule has 0 fully saturated rings. The number of hydrogen-bond donors (Lipinski definition) is 1. The average Bonchev–Trinajstić information content (AvgIpc) is 3.98. The third-order valence-electron chi connectivity index (χ3n) is 10.4. The molecule has 0 radical (unpaired) electrons. The topological polar surface area (TPSA) is 106 Å². The predicted octanol–water partition coefficient (Wildman–Crippen LogP) is 9.48. The van der Waals surface area contributed by atoms with Crippen LogP contribution in [0.3, 0.4) is 0 Å². The van der Waals surface area contributed by atoms with E-state index in [1.165, 1.54) is 18.2 Å². The number of anilines is 1. The summed E-state index contributed by atoms with van der Waals surface area (Å²) in [5.41, 5.74) is 7.88. The number of benzene rings is 2. The number of fused-ring (bicyclic) bond motifs is 4. The van der Waals surface area contributed by atoms with E-state index < -0.39 is 5.92 Å². The maximum Gasteiger partial charge on any atom is 0.256 e. The molecular weight excluding hydrogens is 730 g/mol. The molecular formula is C41H39ClF2N6O3S. The smallest absolute Gasteiger partial charge is 0.256 e. The number of alkyl halides is 2. The minimum atomic E-state index is -2.59. The second-order valence-electron chi connectivity index (χ2n) is 14.0.